The molecule has 1 aliphatic carbocycles. The summed E-state index contributed by atoms with van der Waals surface area (Å²) in [6, 6.07) is 10.8. The summed E-state index contributed by atoms with van der Waals surface area (Å²) in [4.78, 5) is 76.5. The number of rotatable bonds is 4. The van der Waals surface area contributed by atoms with Crippen LogP contribution in [0.25, 0.3) is 0 Å². The number of aromatic amines is 2. The van der Waals surface area contributed by atoms with Gasteiger partial charge in [0.1, 0.15) is 5.56 Å². The molecule has 3 N–H and O–H groups in total. The number of aromatic nitrogens is 2. The van der Waals surface area contributed by atoms with E-state index in [-0.39, 0.29) is 33.7 Å². The van der Waals surface area contributed by atoms with Gasteiger partial charge in [-0.2, -0.15) is 0 Å². The Bertz CT molecular complexity index is 1380. The van der Waals surface area contributed by atoms with Crippen LogP contribution in [0.3, 0.4) is 0 Å². The third-order valence-electron chi connectivity index (χ3n) is 4.60. The predicted molar refractivity (Wildman–Crippen MR) is 106 cm³/mol. The van der Waals surface area contributed by atoms with Crippen LogP contribution in [0, 0.1) is 0 Å². The number of carbonyl (C=O) groups excluding carboxylic acids is 4. The highest BCUT2D eigenvalue weighted by Gasteiger charge is 2.31. The van der Waals surface area contributed by atoms with Crippen molar-refractivity contribution >= 4 is 29.1 Å². The molecular weight excluding hydrogens is 406 g/mol. The number of fused-ring (bicyclic) bond motifs is 2. The molecule has 0 unspecified atom stereocenters. The molecule has 0 atom stereocenters. The first-order valence-corrected chi connectivity index (χ1v) is 8.97. The number of ether oxygens (including phenoxy) is 1. The summed E-state index contributed by atoms with van der Waals surface area (Å²) in [5.41, 5.74) is -1.45. The molecule has 10 heteroatoms. The van der Waals surface area contributed by atoms with Crippen molar-refractivity contribution in [2.45, 2.75) is 0 Å². The minimum Gasteiger partial charge on any atom is -0.452 e. The maximum atomic E-state index is 12.9. The summed E-state index contributed by atoms with van der Waals surface area (Å²) in [7, 11) is 0. The number of ketones is 2. The van der Waals surface area contributed by atoms with Crippen molar-refractivity contribution < 1.29 is 23.9 Å². The van der Waals surface area contributed by atoms with Crippen molar-refractivity contribution in [1.29, 1.82) is 0 Å². The first-order chi connectivity index (χ1) is 14.9. The number of benzene rings is 2. The van der Waals surface area contributed by atoms with E-state index in [1.54, 1.807) is 18.2 Å². The summed E-state index contributed by atoms with van der Waals surface area (Å²) in [6.07, 6.45) is 0.872. The summed E-state index contributed by atoms with van der Waals surface area (Å²) >= 11 is 0. The van der Waals surface area contributed by atoms with E-state index in [4.69, 9.17) is 4.74 Å². The van der Waals surface area contributed by atoms with Crippen molar-refractivity contribution in [3.63, 3.8) is 0 Å². The van der Waals surface area contributed by atoms with Crippen LogP contribution in [0.4, 0.5) is 5.69 Å². The van der Waals surface area contributed by atoms with Gasteiger partial charge in [0.2, 0.25) is 0 Å². The number of anilines is 1. The molecule has 3 aromatic rings. The number of nitrogens with one attached hydrogen (secondary N) is 3. The number of esters is 1. The minimum absolute atomic E-state index is 0.0444. The lowest BCUT2D eigenvalue weighted by Gasteiger charge is -2.20. The van der Waals surface area contributed by atoms with Gasteiger partial charge >= 0.3 is 11.7 Å². The molecule has 0 spiro atoms. The number of hydrogen-bond donors (Lipinski definition) is 3. The molecule has 0 aliphatic heterocycles. The summed E-state index contributed by atoms with van der Waals surface area (Å²) < 4.78 is 4.79. The summed E-state index contributed by atoms with van der Waals surface area (Å²) in [5, 5.41) is 2.45. The van der Waals surface area contributed by atoms with E-state index in [1.807, 2.05) is 4.98 Å². The Morgan fingerprint density at radius 1 is 0.871 bits per heavy atom. The fraction of sp³-hybridized carbons (Fsp3) is 0.0476. The van der Waals surface area contributed by atoms with Crippen LogP contribution >= 0.6 is 0 Å². The maximum absolute atomic E-state index is 12.9. The van der Waals surface area contributed by atoms with E-state index in [9.17, 15) is 28.8 Å². The van der Waals surface area contributed by atoms with Gasteiger partial charge in [0, 0.05) is 22.9 Å². The van der Waals surface area contributed by atoms with Gasteiger partial charge in [-0.05, 0) is 6.07 Å². The maximum Gasteiger partial charge on any atom is 0.345 e. The molecule has 0 radical (unpaired) electrons. The highest BCUT2D eigenvalue weighted by Crippen LogP contribution is 2.31. The van der Waals surface area contributed by atoms with Crippen LogP contribution in [-0.4, -0.2) is 40.0 Å². The Labute approximate surface area is 172 Å². The Morgan fingerprint density at radius 3 is 2.26 bits per heavy atom. The predicted octanol–water partition coefficient (Wildman–Crippen LogP) is 0.634. The molecule has 1 heterocycles. The van der Waals surface area contributed by atoms with Gasteiger partial charge in [-0.25, -0.2) is 9.59 Å². The molecule has 0 saturated carbocycles. The SMILES string of the molecule is O=C(COC(=O)c1c[nH]c(=O)[nH]c1=O)Nc1cccc2c1C(=O)c1ccccc1C2=O. The van der Waals surface area contributed by atoms with Gasteiger partial charge in [-0.15, -0.1) is 0 Å². The molecule has 154 valence electrons. The van der Waals surface area contributed by atoms with Gasteiger partial charge in [0.05, 0.1) is 11.3 Å². The molecule has 4 rings (SSSR count). The van der Waals surface area contributed by atoms with Gasteiger partial charge in [-0.1, -0.05) is 36.4 Å². The van der Waals surface area contributed by atoms with Crippen molar-refractivity contribution in [2.24, 2.45) is 0 Å². The van der Waals surface area contributed by atoms with Crippen molar-refractivity contribution in [3.8, 4) is 0 Å². The lowest BCUT2D eigenvalue weighted by Crippen LogP contribution is -2.30. The smallest absolute Gasteiger partial charge is 0.345 e. The molecule has 0 saturated heterocycles. The Morgan fingerprint density at radius 2 is 1.55 bits per heavy atom. The van der Waals surface area contributed by atoms with Gasteiger partial charge in [-0.3, -0.25) is 24.2 Å². The number of amides is 1. The lowest BCUT2D eigenvalue weighted by atomic mass is 9.83. The molecule has 1 amide bonds. The molecule has 31 heavy (non-hydrogen) atoms. The largest absolute Gasteiger partial charge is 0.452 e. The van der Waals surface area contributed by atoms with Gasteiger partial charge < -0.3 is 15.0 Å². The zero-order chi connectivity index (χ0) is 22.1. The third-order valence-corrected chi connectivity index (χ3v) is 4.60. The number of carbonyl (C=O) groups is 4. The van der Waals surface area contributed by atoms with E-state index < -0.39 is 41.1 Å². The molecule has 0 fully saturated rings. The third kappa shape index (κ3) is 3.57. The number of hydrogen-bond acceptors (Lipinski definition) is 7. The normalized spacial score (nSPS) is 12.0. The second kappa shape index (κ2) is 7.67. The Balaban J connectivity index is 1.53. The molecule has 2 aromatic carbocycles. The standard InChI is InChI=1S/C21H13N3O7/c25-15(9-31-20(29)13-8-22-21(30)24-19(13)28)23-14-7-3-6-12-16(14)18(27)11-5-2-1-4-10(11)17(12)26/h1-8H,9H2,(H,23,25)(H2,22,24,28,30). The van der Waals surface area contributed by atoms with E-state index in [0.29, 0.717) is 0 Å². The van der Waals surface area contributed by atoms with Crippen LogP contribution < -0.4 is 16.6 Å². The van der Waals surface area contributed by atoms with Crippen molar-refractivity contribution in [1.82, 2.24) is 9.97 Å². The molecule has 10 nitrogen and oxygen atoms in total. The Kier molecular flexibility index (Phi) is 4.88. The van der Waals surface area contributed by atoms with Crippen LogP contribution in [0.15, 0.2) is 58.3 Å². The van der Waals surface area contributed by atoms with Crippen LogP contribution in [0.5, 0.6) is 0 Å². The van der Waals surface area contributed by atoms with Crippen molar-refractivity contribution in [3.05, 3.63) is 97.3 Å². The van der Waals surface area contributed by atoms with Crippen LogP contribution in [-0.2, 0) is 9.53 Å². The quantitative estimate of drug-likeness (QED) is 0.410. The fourth-order valence-electron chi connectivity index (χ4n) is 3.21. The zero-order valence-corrected chi connectivity index (χ0v) is 15.7. The van der Waals surface area contributed by atoms with Crippen LogP contribution in [0.1, 0.15) is 42.2 Å². The Hall–Kier alpha value is -4.60. The average molecular weight is 419 g/mol. The van der Waals surface area contributed by atoms with Crippen molar-refractivity contribution in [2.75, 3.05) is 11.9 Å². The fourth-order valence-corrected chi connectivity index (χ4v) is 3.21. The molecular formula is C21H13N3O7. The van der Waals surface area contributed by atoms with Crippen LogP contribution in [0.2, 0.25) is 0 Å². The topological polar surface area (TPSA) is 155 Å². The monoisotopic (exact) mass is 419 g/mol. The highest BCUT2D eigenvalue weighted by molar-refractivity contribution is 6.30. The van der Waals surface area contributed by atoms with Gasteiger partial charge in [0.15, 0.2) is 18.2 Å². The number of H-pyrrole nitrogens is 2. The highest BCUT2D eigenvalue weighted by atomic mass is 16.5. The van der Waals surface area contributed by atoms with E-state index in [2.05, 4.69) is 10.3 Å². The zero-order valence-electron chi connectivity index (χ0n) is 15.7. The first kappa shape index (κ1) is 19.7. The minimum atomic E-state index is -1.12. The summed E-state index contributed by atoms with van der Waals surface area (Å²) in [6.45, 7) is -0.764. The second-order valence-electron chi connectivity index (χ2n) is 6.54. The van der Waals surface area contributed by atoms with E-state index in [0.717, 1.165) is 6.20 Å². The first-order valence-electron chi connectivity index (χ1n) is 8.97. The second-order valence-corrected chi connectivity index (χ2v) is 6.54. The lowest BCUT2D eigenvalue weighted by molar-refractivity contribution is -0.119. The summed E-state index contributed by atoms with van der Waals surface area (Å²) in [5.74, 6) is -2.67. The average Bonchev–Trinajstić information content (AvgIpc) is 2.76. The van der Waals surface area contributed by atoms with Gasteiger partial charge in [0.25, 0.3) is 11.5 Å². The molecule has 1 aliphatic rings. The van der Waals surface area contributed by atoms with E-state index in [1.165, 1.54) is 24.3 Å². The molecule has 0 bridgehead atoms. The molecule has 1 aromatic heterocycles. The van der Waals surface area contributed by atoms with E-state index >= 15 is 0 Å².